The fourth-order valence-electron chi connectivity index (χ4n) is 1.87. The van der Waals surface area contributed by atoms with E-state index in [0.29, 0.717) is 13.0 Å². The van der Waals surface area contributed by atoms with Gasteiger partial charge < -0.3 is 10.6 Å². The van der Waals surface area contributed by atoms with Crippen molar-refractivity contribution < 1.29 is 4.79 Å². The molecule has 94 valence electrons. The molecule has 2 rings (SSSR count). The molecule has 18 heavy (non-hydrogen) atoms. The second-order valence-corrected chi connectivity index (χ2v) is 4.03. The Bertz CT molecular complexity index is 533. The predicted molar refractivity (Wildman–Crippen MR) is 71.4 cm³/mol. The average Bonchev–Trinajstić information content (AvgIpc) is 2.64. The molecule has 0 aliphatic heterocycles. The predicted octanol–water partition coefficient (Wildman–Crippen LogP) is 1.91. The molecular weight excluding hydrogens is 228 g/mol. The van der Waals surface area contributed by atoms with Crippen molar-refractivity contribution in [3.05, 3.63) is 41.6 Å². The Hall–Kier alpha value is -2.30. The molecule has 0 atom stereocenters. The molecule has 1 heterocycles. The summed E-state index contributed by atoms with van der Waals surface area (Å²) in [6, 6.07) is 10.1. The van der Waals surface area contributed by atoms with E-state index >= 15 is 0 Å². The molecule has 0 radical (unpaired) electrons. The van der Waals surface area contributed by atoms with Gasteiger partial charge in [-0.3, -0.25) is 9.48 Å². The first kappa shape index (κ1) is 12.2. The largest absolute Gasteiger partial charge is 0.364 e. The second-order valence-electron chi connectivity index (χ2n) is 4.03. The summed E-state index contributed by atoms with van der Waals surface area (Å²) in [6.07, 6.45) is 0.664. The van der Waals surface area contributed by atoms with Crippen LogP contribution in [0.2, 0.25) is 0 Å². The lowest BCUT2D eigenvalue weighted by Crippen LogP contribution is -2.07. The minimum atomic E-state index is 0.664. The number of amides is 1. The molecule has 0 spiro atoms. The van der Waals surface area contributed by atoms with E-state index < -0.39 is 0 Å². The van der Waals surface area contributed by atoms with E-state index in [1.165, 1.54) is 5.56 Å². The molecule has 0 saturated heterocycles. The summed E-state index contributed by atoms with van der Waals surface area (Å²) in [6.45, 7) is 2.55. The number of nitrogens with one attached hydrogen (secondary N) is 2. The zero-order valence-electron chi connectivity index (χ0n) is 10.5. The van der Waals surface area contributed by atoms with Gasteiger partial charge in [0.1, 0.15) is 11.5 Å². The normalized spacial score (nSPS) is 10.1. The van der Waals surface area contributed by atoms with Gasteiger partial charge in [0.05, 0.1) is 5.69 Å². The molecule has 0 aliphatic rings. The van der Waals surface area contributed by atoms with Crippen molar-refractivity contribution in [2.75, 3.05) is 10.6 Å². The van der Waals surface area contributed by atoms with E-state index in [0.717, 1.165) is 17.2 Å². The third-order valence-electron chi connectivity index (χ3n) is 2.73. The standard InChI is InChI=1S/C13H16N4O/c1-10-12(15-9-18)13(17(2)16-10)14-8-11-6-4-3-5-7-11/h3-7,9,14H,8H2,1-2H3,(H,15,18). The van der Waals surface area contributed by atoms with E-state index in [9.17, 15) is 4.79 Å². The number of hydrogen-bond donors (Lipinski definition) is 2. The summed E-state index contributed by atoms with van der Waals surface area (Å²) >= 11 is 0. The molecule has 1 aromatic carbocycles. The number of benzene rings is 1. The van der Waals surface area contributed by atoms with Crippen LogP contribution in [0.4, 0.5) is 11.5 Å². The van der Waals surface area contributed by atoms with Crippen LogP contribution in [0, 0.1) is 6.92 Å². The monoisotopic (exact) mass is 244 g/mol. The summed E-state index contributed by atoms with van der Waals surface area (Å²) < 4.78 is 1.73. The lowest BCUT2D eigenvalue weighted by atomic mass is 10.2. The van der Waals surface area contributed by atoms with E-state index in [4.69, 9.17) is 0 Å². The van der Waals surface area contributed by atoms with Crippen LogP contribution in [0.3, 0.4) is 0 Å². The highest BCUT2D eigenvalue weighted by atomic mass is 16.1. The van der Waals surface area contributed by atoms with Gasteiger partial charge in [0, 0.05) is 13.6 Å². The third kappa shape index (κ3) is 2.51. The van der Waals surface area contributed by atoms with Crippen molar-refractivity contribution in [3.63, 3.8) is 0 Å². The van der Waals surface area contributed by atoms with Gasteiger partial charge in [-0.15, -0.1) is 0 Å². The number of rotatable bonds is 5. The van der Waals surface area contributed by atoms with Crippen LogP contribution in [0.15, 0.2) is 30.3 Å². The first-order valence-corrected chi connectivity index (χ1v) is 5.74. The van der Waals surface area contributed by atoms with Gasteiger partial charge in [-0.1, -0.05) is 30.3 Å². The van der Waals surface area contributed by atoms with Gasteiger partial charge in [0.25, 0.3) is 0 Å². The molecule has 0 saturated carbocycles. The lowest BCUT2D eigenvalue weighted by molar-refractivity contribution is -0.105. The molecule has 1 amide bonds. The fourth-order valence-corrected chi connectivity index (χ4v) is 1.87. The van der Waals surface area contributed by atoms with Crippen molar-refractivity contribution in [2.24, 2.45) is 7.05 Å². The number of hydrogen-bond acceptors (Lipinski definition) is 3. The number of nitrogens with zero attached hydrogens (tertiary/aromatic N) is 2. The summed E-state index contributed by atoms with van der Waals surface area (Å²) in [4.78, 5) is 10.6. The van der Waals surface area contributed by atoms with E-state index in [1.807, 2.05) is 44.3 Å². The maximum absolute atomic E-state index is 10.6. The quantitative estimate of drug-likeness (QED) is 0.790. The maximum atomic E-state index is 10.6. The van der Waals surface area contributed by atoms with Crippen LogP contribution in [0.25, 0.3) is 0 Å². The van der Waals surface area contributed by atoms with Crippen LogP contribution >= 0.6 is 0 Å². The van der Waals surface area contributed by atoms with Crippen molar-refractivity contribution in [1.82, 2.24) is 9.78 Å². The lowest BCUT2D eigenvalue weighted by Gasteiger charge is -2.09. The van der Waals surface area contributed by atoms with Crippen molar-refractivity contribution in [2.45, 2.75) is 13.5 Å². The third-order valence-corrected chi connectivity index (χ3v) is 2.73. The van der Waals surface area contributed by atoms with Gasteiger partial charge in [0.15, 0.2) is 0 Å². The number of carbonyl (C=O) groups excluding carboxylic acids is 1. The molecule has 2 N–H and O–H groups in total. The van der Waals surface area contributed by atoms with E-state index in [1.54, 1.807) is 4.68 Å². The Balaban J connectivity index is 2.16. The van der Waals surface area contributed by atoms with Gasteiger partial charge >= 0.3 is 0 Å². The van der Waals surface area contributed by atoms with Gasteiger partial charge in [-0.25, -0.2) is 0 Å². The van der Waals surface area contributed by atoms with Crippen molar-refractivity contribution in [1.29, 1.82) is 0 Å². The second kappa shape index (κ2) is 5.35. The van der Waals surface area contributed by atoms with Gasteiger partial charge in [-0.2, -0.15) is 5.10 Å². The Morgan fingerprint density at radius 2 is 2.06 bits per heavy atom. The SMILES string of the molecule is Cc1nn(C)c(NCc2ccccc2)c1NC=O. The van der Waals surface area contributed by atoms with Gasteiger partial charge in [0.2, 0.25) is 6.41 Å². The number of aromatic nitrogens is 2. The highest BCUT2D eigenvalue weighted by Crippen LogP contribution is 2.24. The smallest absolute Gasteiger partial charge is 0.211 e. The van der Waals surface area contributed by atoms with Crippen LogP contribution in [0.1, 0.15) is 11.3 Å². The van der Waals surface area contributed by atoms with Crippen LogP contribution < -0.4 is 10.6 Å². The summed E-state index contributed by atoms with van der Waals surface area (Å²) in [5.74, 6) is 0.809. The Kier molecular flexibility index (Phi) is 3.62. The molecule has 5 heteroatoms. The summed E-state index contributed by atoms with van der Waals surface area (Å²) in [5.41, 5.74) is 2.69. The zero-order chi connectivity index (χ0) is 13.0. The first-order valence-electron chi connectivity index (χ1n) is 5.74. The number of carbonyl (C=O) groups is 1. The Labute approximate surface area is 106 Å². The molecule has 2 aromatic rings. The molecule has 0 bridgehead atoms. The summed E-state index contributed by atoms with van der Waals surface area (Å²) in [7, 11) is 1.84. The molecule has 1 aromatic heterocycles. The Morgan fingerprint density at radius 1 is 1.33 bits per heavy atom. The molecular formula is C13H16N4O. The minimum absolute atomic E-state index is 0.664. The highest BCUT2D eigenvalue weighted by molar-refractivity contribution is 5.80. The fraction of sp³-hybridized carbons (Fsp3) is 0.231. The zero-order valence-corrected chi connectivity index (χ0v) is 10.5. The topological polar surface area (TPSA) is 59.0 Å². The average molecular weight is 244 g/mol. The molecule has 5 nitrogen and oxygen atoms in total. The highest BCUT2D eigenvalue weighted by Gasteiger charge is 2.11. The molecule has 0 unspecified atom stereocenters. The van der Waals surface area contributed by atoms with Crippen LogP contribution in [-0.2, 0) is 18.4 Å². The van der Waals surface area contributed by atoms with Crippen LogP contribution in [0.5, 0.6) is 0 Å². The van der Waals surface area contributed by atoms with E-state index in [2.05, 4.69) is 15.7 Å². The van der Waals surface area contributed by atoms with E-state index in [-0.39, 0.29) is 0 Å². The van der Waals surface area contributed by atoms with Crippen molar-refractivity contribution >= 4 is 17.9 Å². The Morgan fingerprint density at radius 3 is 2.72 bits per heavy atom. The number of anilines is 2. The maximum Gasteiger partial charge on any atom is 0.211 e. The first-order chi connectivity index (χ1) is 8.72. The minimum Gasteiger partial charge on any atom is -0.364 e. The van der Waals surface area contributed by atoms with Gasteiger partial charge in [-0.05, 0) is 12.5 Å². The van der Waals surface area contributed by atoms with Crippen LogP contribution in [-0.4, -0.2) is 16.2 Å². The van der Waals surface area contributed by atoms with Crippen molar-refractivity contribution in [3.8, 4) is 0 Å². The molecule has 0 aliphatic carbocycles. The summed E-state index contributed by atoms with van der Waals surface area (Å²) in [5, 5.41) is 10.2. The molecule has 0 fully saturated rings. The number of aryl methyl sites for hydroxylation is 2.